The van der Waals surface area contributed by atoms with Gasteiger partial charge in [0, 0.05) is 27.2 Å². The molecule has 0 saturated carbocycles. The summed E-state index contributed by atoms with van der Waals surface area (Å²) in [7, 11) is 3.47. The summed E-state index contributed by atoms with van der Waals surface area (Å²) in [5.41, 5.74) is 1.83. The fourth-order valence-electron chi connectivity index (χ4n) is 2.04. The second-order valence-corrected chi connectivity index (χ2v) is 6.21. The molecule has 128 valence electrons. The minimum Gasteiger partial charge on any atom is -0.379 e. The molecule has 0 aliphatic heterocycles. The number of ether oxygens (including phenoxy) is 1. The van der Waals surface area contributed by atoms with Crippen LogP contribution in [0.25, 0.3) is 0 Å². The smallest absolute Gasteiger partial charge is 0.191 e. The molecule has 1 aromatic rings. The predicted octanol–water partition coefficient (Wildman–Crippen LogP) is 2.90. The van der Waals surface area contributed by atoms with E-state index in [1.807, 2.05) is 24.3 Å². The number of nitriles is 1. The molecule has 1 rings (SSSR count). The van der Waals surface area contributed by atoms with Crippen molar-refractivity contribution in [2.45, 2.75) is 33.4 Å². The quantitative estimate of drug-likeness (QED) is 0.428. The van der Waals surface area contributed by atoms with Crippen LogP contribution in [0.4, 0.5) is 0 Å². The van der Waals surface area contributed by atoms with E-state index in [4.69, 9.17) is 10.00 Å². The van der Waals surface area contributed by atoms with Crippen molar-refractivity contribution in [3.8, 4) is 6.07 Å². The zero-order valence-corrected chi connectivity index (χ0v) is 16.8. The van der Waals surface area contributed by atoms with Gasteiger partial charge in [-0.3, -0.25) is 4.99 Å². The third-order valence-corrected chi connectivity index (χ3v) is 3.47. The molecule has 0 fully saturated rings. The molecule has 2 N–H and O–H groups in total. The van der Waals surface area contributed by atoms with Gasteiger partial charge in [0.1, 0.15) is 0 Å². The Kier molecular flexibility index (Phi) is 9.84. The summed E-state index contributed by atoms with van der Waals surface area (Å²) in [5, 5.41) is 15.3. The van der Waals surface area contributed by atoms with Gasteiger partial charge in [0.25, 0.3) is 0 Å². The third kappa shape index (κ3) is 7.66. The standard InChI is InChI=1S/C17H26N4O.HI/c1-17(2,3)15(22-5)12-21-16(19-4)20-11-14-8-6-13(10-18)7-9-14;/h6-9,15H,11-12H2,1-5H3,(H2,19,20,21);1H. The van der Waals surface area contributed by atoms with Crippen LogP contribution in [-0.2, 0) is 11.3 Å². The maximum absolute atomic E-state index is 8.79. The van der Waals surface area contributed by atoms with Crippen LogP contribution in [-0.4, -0.2) is 32.8 Å². The van der Waals surface area contributed by atoms with Crippen molar-refractivity contribution in [1.82, 2.24) is 10.6 Å². The van der Waals surface area contributed by atoms with Crippen molar-refractivity contribution in [2.24, 2.45) is 10.4 Å². The molecule has 0 bridgehead atoms. The topological polar surface area (TPSA) is 69.4 Å². The lowest BCUT2D eigenvalue weighted by Gasteiger charge is -2.30. The van der Waals surface area contributed by atoms with Crippen LogP contribution in [0.1, 0.15) is 31.9 Å². The molecular formula is C17H27IN4O. The Hall–Kier alpha value is -1.33. The van der Waals surface area contributed by atoms with Crippen molar-refractivity contribution < 1.29 is 4.74 Å². The maximum atomic E-state index is 8.79. The van der Waals surface area contributed by atoms with Crippen LogP contribution in [0.15, 0.2) is 29.3 Å². The summed E-state index contributed by atoms with van der Waals surface area (Å²) >= 11 is 0. The minimum absolute atomic E-state index is 0. The summed E-state index contributed by atoms with van der Waals surface area (Å²) in [6.07, 6.45) is 0.0981. The molecule has 0 radical (unpaired) electrons. The zero-order valence-electron chi connectivity index (χ0n) is 14.5. The normalized spacial score (nSPS) is 12.8. The summed E-state index contributed by atoms with van der Waals surface area (Å²) in [6, 6.07) is 9.61. The molecule has 0 heterocycles. The molecule has 0 amide bonds. The van der Waals surface area contributed by atoms with Gasteiger partial charge in [-0.25, -0.2) is 0 Å². The van der Waals surface area contributed by atoms with Crippen molar-refractivity contribution in [2.75, 3.05) is 20.7 Å². The van der Waals surface area contributed by atoms with Crippen molar-refractivity contribution >= 4 is 29.9 Å². The SMILES string of the molecule is CN=C(NCc1ccc(C#N)cc1)NCC(OC)C(C)(C)C.I. The third-order valence-electron chi connectivity index (χ3n) is 3.47. The highest BCUT2D eigenvalue weighted by Crippen LogP contribution is 2.20. The number of aliphatic imine (C=N–C) groups is 1. The van der Waals surface area contributed by atoms with Gasteiger partial charge in [-0.1, -0.05) is 32.9 Å². The van der Waals surface area contributed by atoms with E-state index in [1.165, 1.54) is 0 Å². The van der Waals surface area contributed by atoms with Crippen LogP contribution in [0.5, 0.6) is 0 Å². The molecular weight excluding hydrogens is 403 g/mol. The summed E-state index contributed by atoms with van der Waals surface area (Å²) in [4.78, 5) is 4.21. The molecule has 0 aromatic heterocycles. The summed E-state index contributed by atoms with van der Waals surface area (Å²) < 4.78 is 5.52. The first-order chi connectivity index (χ1) is 10.4. The van der Waals surface area contributed by atoms with Gasteiger partial charge in [0.2, 0.25) is 0 Å². The Morgan fingerprint density at radius 1 is 1.26 bits per heavy atom. The number of nitrogens with one attached hydrogen (secondary N) is 2. The fourth-order valence-corrected chi connectivity index (χ4v) is 2.04. The van der Waals surface area contributed by atoms with E-state index in [9.17, 15) is 0 Å². The Balaban J connectivity index is 0.00000484. The Labute approximate surface area is 156 Å². The molecule has 0 aliphatic rings. The van der Waals surface area contributed by atoms with E-state index < -0.39 is 0 Å². The van der Waals surface area contributed by atoms with E-state index in [0.717, 1.165) is 11.5 Å². The van der Waals surface area contributed by atoms with Gasteiger partial charge in [-0.15, -0.1) is 24.0 Å². The molecule has 5 nitrogen and oxygen atoms in total. The second kappa shape index (κ2) is 10.4. The first-order valence-corrected chi connectivity index (χ1v) is 7.37. The van der Waals surface area contributed by atoms with Crippen LogP contribution < -0.4 is 10.6 Å². The molecule has 0 saturated heterocycles. The number of nitrogens with zero attached hydrogens (tertiary/aromatic N) is 2. The Morgan fingerprint density at radius 3 is 2.30 bits per heavy atom. The first-order valence-electron chi connectivity index (χ1n) is 7.37. The second-order valence-electron chi connectivity index (χ2n) is 6.21. The highest BCUT2D eigenvalue weighted by Gasteiger charge is 2.24. The number of guanidine groups is 1. The summed E-state index contributed by atoms with van der Waals surface area (Å²) in [5.74, 6) is 0.732. The molecule has 1 atom stereocenters. The molecule has 0 aliphatic carbocycles. The largest absolute Gasteiger partial charge is 0.379 e. The Bertz CT molecular complexity index is 529. The highest BCUT2D eigenvalue weighted by atomic mass is 127. The van der Waals surface area contributed by atoms with Crippen LogP contribution in [0.2, 0.25) is 0 Å². The van der Waals surface area contributed by atoms with Gasteiger partial charge < -0.3 is 15.4 Å². The van der Waals surface area contributed by atoms with Gasteiger partial charge in [0.15, 0.2) is 5.96 Å². The van der Waals surface area contributed by atoms with E-state index in [2.05, 4.69) is 42.5 Å². The summed E-state index contributed by atoms with van der Waals surface area (Å²) in [6.45, 7) is 7.78. The lowest BCUT2D eigenvalue weighted by atomic mass is 9.89. The van der Waals surface area contributed by atoms with Gasteiger partial charge in [-0.05, 0) is 23.1 Å². The zero-order chi connectivity index (χ0) is 16.6. The molecule has 0 spiro atoms. The predicted molar refractivity (Wildman–Crippen MR) is 105 cm³/mol. The monoisotopic (exact) mass is 430 g/mol. The van der Waals surface area contributed by atoms with E-state index in [1.54, 1.807) is 14.2 Å². The average Bonchev–Trinajstić information content (AvgIpc) is 2.50. The van der Waals surface area contributed by atoms with E-state index in [0.29, 0.717) is 18.7 Å². The average molecular weight is 430 g/mol. The molecule has 23 heavy (non-hydrogen) atoms. The maximum Gasteiger partial charge on any atom is 0.191 e. The van der Waals surface area contributed by atoms with Crippen molar-refractivity contribution in [1.29, 1.82) is 5.26 Å². The van der Waals surface area contributed by atoms with Crippen molar-refractivity contribution in [3.05, 3.63) is 35.4 Å². The molecule has 1 aromatic carbocycles. The number of rotatable bonds is 5. The number of halogens is 1. The minimum atomic E-state index is 0. The first kappa shape index (κ1) is 21.7. The fraction of sp³-hybridized carbons (Fsp3) is 0.529. The van der Waals surface area contributed by atoms with Crippen LogP contribution in [0.3, 0.4) is 0 Å². The van der Waals surface area contributed by atoms with Crippen LogP contribution in [0, 0.1) is 16.7 Å². The van der Waals surface area contributed by atoms with Gasteiger partial charge in [0.05, 0.1) is 17.7 Å². The van der Waals surface area contributed by atoms with Gasteiger partial charge in [-0.2, -0.15) is 5.26 Å². The van der Waals surface area contributed by atoms with Gasteiger partial charge >= 0.3 is 0 Å². The Morgan fingerprint density at radius 2 is 1.87 bits per heavy atom. The lowest BCUT2D eigenvalue weighted by molar-refractivity contribution is 0.0205. The lowest BCUT2D eigenvalue weighted by Crippen LogP contribution is -2.45. The number of hydrogen-bond donors (Lipinski definition) is 2. The van der Waals surface area contributed by atoms with Crippen molar-refractivity contribution in [3.63, 3.8) is 0 Å². The number of benzene rings is 1. The number of hydrogen-bond acceptors (Lipinski definition) is 3. The van der Waals surface area contributed by atoms with E-state index in [-0.39, 0.29) is 35.5 Å². The van der Waals surface area contributed by atoms with Crippen LogP contribution >= 0.6 is 24.0 Å². The van der Waals surface area contributed by atoms with E-state index >= 15 is 0 Å². The molecule has 6 heteroatoms. The molecule has 1 unspecified atom stereocenters. The number of methoxy groups -OCH3 is 1. The highest BCUT2D eigenvalue weighted by molar-refractivity contribution is 14.0.